The lowest BCUT2D eigenvalue weighted by atomic mass is 10.2. The van der Waals surface area contributed by atoms with Gasteiger partial charge in [0, 0.05) is 5.33 Å². The van der Waals surface area contributed by atoms with Crippen LogP contribution in [0.4, 0.5) is 0 Å². The van der Waals surface area contributed by atoms with Crippen molar-refractivity contribution in [3.8, 4) is 5.75 Å². The maximum Gasteiger partial charge on any atom is 0.282 e. The fourth-order valence-corrected chi connectivity index (χ4v) is 5.56. The number of benzene rings is 2. The van der Waals surface area contributed by atoms with Crippen LogP contribution in [0.5, 0.6) is 5.75 Å². The van der Waals surface area contributed by atoms with Crippen LogP contribution in [0.3, 0.4) is 0 Å². The molecule has 0 saturated heterocycles. The molecule has 0 aliphatic heterocycles. The lowest BCUT2D eigenvalue weighted by Gasteiger charge is -2.19. The molecule has 2 rings (SSSR count). The van der Waals surface area contributed by atoms with Crippen LogP contribution in [0.15, 0.2) is 63.9 Å². The Morgan fingerprint density at radius 2 is 1.52 bits per heavy atom. The number of hydrogen-bond donors (Lipinski definition) is 0. The number of sulfonamides is 1. The highest BCUT2D eigenvalue weighted by Crippen LogP contribution is 2.21. The zero-order chi connectivity index (χ0) is 17.1. The predicted molar refractivity (Wildman–Crippen MR) is 96.5 cm³/mol. The zero-order valence-corrected chi connectivity index (χ0v) is 15.6. The van der Waals surface area contributed by atoms with Crippen molar-refractivity contribution in [2.45, 2.75) is 24.5 Å². The summed E-state index contributed by atoms with van der Waals surface area (Å²) in [6.45, 7) is 6.26. The minimum atomic E-state index is -3.75. The largest absolute Gasteiger partial charge is 0.497 e. The van der Waals surface area contributed by atoms with Gasteiger partial charge in [0.15, 0.2) is 0 Å². The van der Waals surface area contributed by atoms with E-state index in [2.05, 4.69) is 24.0 Å². The molecule has 0 unspecified atom stereocenters. The maximum absolute atomic E-state index is 12.7. The van der Waals surface area contributed by atoms with Crippen molar-refractivity contribution >= 4 is 23.4 Å². The molecule has 0 spiro atoms. The summed E-state index contributed by atoms with van der Waals surface area (Å²) in [5.74, 6) is 0.612. The predicted octanol–water partition coefficient (Wildman–Crippen LogP) is 3.75. The van der Waals surface area contributed by atoms with E-state index in [1.54, 1.807) is 19.2 Å². The number of hydrogen-bond acceptors (Lipinski definition) is 3. The molecule has 23 heavy (non-hydrogen) atoms. The third kappa shape index (κ3) is 4.30. The van der Waals surface area contributed by atoms with Crippen molar-refractivity contribution in [1.29, 1.82) is 0 Å². The summed E-state index contributed by atoms with van der Waals surface area (Å²) in [6, 6.07) is 15.8. The lowest BCUT2D eigenvalue weighted by Crippen LogP contribution is -2.35. The van der Waals surface area contributed by atoms with Crippen LogP contribution in [-0.2, 0) is 10.0 Å². The molecule has 0 radical (unpaired) electrons. The second-order valence-corrected chi connectivity index (χ2v) is 12.8. The molecule has 0 aliphatic carbocycles. The summed E-state index contributed by atoms with van der Waals surface area (Å²) < 4.78 is 34.6. The van der Waals surface area contributed by atoms with Gasteiger partial charge in [-0.15, -0.1) is 0 Å². The van der Waals surface area contributed by atoms with E-state index in [4.69, 9.17) is 4.74 Å². The van der Waals surface area contributed by atoms with Gasteiger partial charge in [0.05, 0.1) is 12.0 Å². The number of nitrogens with zero attached hydrogens (tertiary/aromatic N) is 1. The van der Waals surface area contributed by atoms with E-state index in [0.29, 0.717) is 11.1 Å². The van der Waals surface area contributed by atoms with Crippen molar-refractivity contribution < 1.29 is 13.2 Å². The molecule has 4 nitrogen and oxygen atoms in total. The standard InChI is InChI=1S/C17H21NO3SSi/c1-21-15-10-12-16(13-11-15)22(19,20)18-17(23(2,3)4)14-8-6-5-7-9-14/h5-13H,1-4H3/b18-17-. The molecule has 0 heterocycles. The van der Waals surface area contributed by atoms with E-state index in [-0.39, 0.29) is 4.90 Å². The number of rotatable bonds is 5. The van der Waals surface area contributed by atoms with Crippen LogP contribution in [0, 0.1) is 0 Å². The normalized spacial score (nSPS) is 13.0. The van der Waals surface area contributed by atoms with Gasteiger partial charge in [-0.05, 0) is 29.8 Å². The Morgan fingerprint density at radius 3 is 2.00 bits per heavy atom. The Balaban J connectivity index is 2.53. The van der Waals surface area contributed by atoms with E-state index < -0.39 is 18.1 Å². The third-order valence-corrected chi connectivity index (χ3v) is 6.60. The molecule has 0 fully saturated rings. The zero-order valence-electron chi connectivity index (χ0n) is 13.8. The highest BCUT2D eigenvalue weighted by molar-refractivity contribution is 7.90. The van der Waals surface area contributed by atoms with E-state index >= 15 is 0 Å². The van der Waals surface area contributed by atoms with Crippen LogP contribution in [-0.4, -0.2) is 28.9 Å². The second kappa shape index (κ2) is 6.68. The molecule has 2 aromatic carbocycles. The van der Waals surface area contributed by atoms with Gasteiger partial charge in [0.1, 0.15) is 13.8 Å². The monoisotopic (exact) mass is 347 g/mol. The highest BCUT2D eigenvalue weighted by atomic mass is 32.2. The average Bonchev–Trinajstić information content (AvgIpc) is 2.52. The first-order valence-electron chi connectivity index (χ1n) is 7.29. The Kier molecular flexibility index (Phi) is 5.06. The fourth-order valence-electron chi connectivity index (χ4n) is 2.14. The maximum atomic E-state index is 12.7. The third-order valence-electron chi connectivity index (χ3n) is 3.33. The lowest BCUT2D eigenvalue weighted by molar-refractivity contribution is 0.414. The van der Waals surface area contributed by atoms with Crippen LogP contribution in [0.25, 0.3) is 0 Å². The van der Waals surface area contributed by atoms with Crippen molar-refractivity contribution in [2.75, 3.05) is 7.11 Å². The van der Waals surface area contributed by atoms with Gasteiger partial charge in [-0.1, -0.05) is 50.0 Å². The van der Waals surface area contributed by atoms with Crippen LogP contribution >= 0.6 is 0 Å². The molecule has 0 aliphatic rings. The number of methoxy groups -OCH3 is 1. The first-order chi connectivity index (χ1) is 10.7. The van der Waals surface area contributed by atoms with Crippen molar-refractivity contribution in [3.05, 3.63) is 60.2 Å². The smallest absolute Gasteiger partial charge is 0.282 e. The average molecular weight is 348 g/mol. The SMILES string of the molecule is COc1ccc(S(=O)(=O)/N=C(/c2ccccc2)[Si](C)(C)C)cc1. The van der Waals surface area contributed by atoms with Crippen LogP contribution in [0.1, 0.15) is 5.56 Å². The summed E-state index contributed by atoms with van der Waals surface area (Å²) in [7, 11) is -4.15. The molecule has 6 heteroatoms. The van der Waals surface area contributed by atoms with Gasteiger partial charge in [0.2, 0.25) is 0 Å². The van der Waals surface area contributed by atoms with E-state index in [1.165, 1.54) is 12.1 Å². The van der Waals surface area contributed by atoms with E-state index in [9.17, 15) is 8.42 Å². The molecule has 0 N–H and O–H groups in total. The van der Waals surface area contributed by atoms with Gasteiger partial charge in [-0.3, -0.25) is 0 Å². The second-order valence-electron chi connectivity index (χ2n) is 6.21. The topological polar surface area (TPSA) is 55.7 Å². The van der Waals surface area contributed by atoms with Crippen molar-refractivity contribution in [3.63, 3.8) is 0 Å². The van der Waals surface area contributed by atoms with Crippen molar-refractivity contribution in [2.24, 2.45) is 4.40 Å². The molecule has 0 saturated carbocycles. The summed E-state index contributed by atoms with van der Waals surface area (Å²) >= 11 is 0. The Bertz CT molecular complexity index is 792. The minimum Gasteiger partial charge on any atom is -0.497 e. The molecule has 0 amide bonds. The van der Waals surface area contributed by atoms with Gasteiger partial charge in [0.25, 0.3) is 10.0 Å². The quantitative estimate of drug-likeness (QED) is 0.611. The molecular weight excluding hydrogens is 326 g/mol. The van der Waals surface area contributed by atoms with Gasteiger partial charge in [-0.2, -0.15) is 12.8 Å². The summed E-state index contributed by atoms with van der Waals surface area (Å²) in [6.07, 6.45) is 0. The molecule has 0 aromatic heterocycles. The summed E-state index contributed by atoms with van der Waals surface area (Å²) in [4.78, 5) is 0.171. The first-order valence-corrected chi connectivity index (χ1v) is 12.2. The Hall–Kier alpha value is -1.92. The van der Waals surface area contributed by atoms with Crippen molar-refractivity contribution in [1.82, 2.24) is 0 Å². The molecular formula is C17H21NO3SSi. The Labute approximate surface area is 138 Å². The first kappa shape index (κ1) is 17.4. The van der Waals surface area contributed by atoms with Crippen LogP contribution in [0.2, 0.25) is 19.6 Å². The van der Waals surface area contributed by atoms with E-state index in [1.807, 2.05) is 30.3 Å². The molecule has 2 aromatic rings. The van der Waals surface area contributed by atoms with E-state index in [0.717, 1.165) is 5.56 Å². The summed E-state index contributed by atoms with van der Waals surface area (Å²) in [5.41, 5.74) is 0.865. The van der Waals surface area contributed by atoms with Gasteiger partial charge >= 0.3 is 0 Å². The van der Waals surface area contributed by atoms with Gasteiger partial charge < -0.3 is 4.74 Å². The minimum absolute atomic E-state index is 0.171. The number of ether oxygens (including phenoxy) is 1. The summed E-state index contributed by atoms with van der Waals surface area (Å²) in [5, 5.41) is 0.675. The molecule has 122 valence electrons. The van der Waals surface area contributed by atoms with Crippen LogP contribution < -0.4 is 4.74 Å². The van der Waals surface area contributed by atoms with Gasteiger partial charge in [-0.25, -0.2) is 0 Å². The highest BCUT2D eigenvalue weighted by Gasteiger charge is 2.26. The molecule has 0 bridgehead atoms. The Morgan fingerprint density at radius 1 is 0.957 bits per heavy atom. The fraction of sp³-hybridized carbons (Fsp3) is 0.235. The molecule has 0 atom stereocenters.